The monoisotopic (exact) mass is 336 g/mol. The highest BCUT2D eigenvalue weighted by Crippen LogP contribution is 2.37. The average molecular weight is 336 g/mol. The minimum absolute atomic E-state index is 0.295. The summed E-state index contributed by atoms with van der Waals surface area (Å²) >= 11 is 1.74. The number of hydrogen-bond donors (Lipinski definition) is 3. The van der Waals surface area contributed by atoms with E-state index in [0.717, 1.165) is 33.4 Å². The Bertz CT molecular complexity index is 1030. The fourth-order valence-corrected chi connectivity index (χ4v) is 3.81. The summed E-state index contributed by atoms with van der Waals surface area (Å²) in [6.45, 7) is 4.17. The molecule has 0 bridgehead atoms. The number of para-hydroxylation sites is 1. The van der Waals surface area contributed by atoms with Crippen LogP contribution in [0, 0.1) is 13.8 Å². The molecule has 4 rings (SSSR count). The normalized spacial score (nSPS) is 11.1. The number of thiophene rings is 1. The lowest BCUT2D eigenvalue weighted by Gasteiger charge is -2.08. The molecule has 0 saturated carbocycles. The summed E-state index contributed by atoms with van der Waals surface area (Å²) < 4.78 is 0. The number of fused-ring (bicyclic) bond motifs is 1. The van der Waals surface area contributed by atoms with Crippen LogP contribution in [0.25, 0.3) is 33.4 Å². The summed E-state index contributed by atoms with van der Waals surface area (Å²) in [6.07, 6.45) is 1.95. The maximum atomic E-state index is 5.49. The van der Waals surface area contributed by atoms with Gasteiger partial charge in [0.2, 0.25) is 0 Å². The van der Waals surface area contributed by atoms with E-state index in [4.69, 9.17) is 5.84 Å². The first-order valence-electron chi connectivity index (χ1n) is 7.52. The Morgan fingerprint density at radius 2 is 1.92 bits per heavy atom. The molecule has 0 aliphatic carbocycles. The summed E-state index contributed by atoms with van der Waals surface area (Å²) in [6, 6.07) is 10.2. The number of nitrogens with zero attached hydrogens (tertiary/aromatic N) is 3. The maximum absolute atomic E-state index is 5.49. The molecule has 0 spiro atoms. The predicted molar refractivity (Wildman–Crippen MR) is 97.7 cm³/mol. The van der Waals surface area contributed by atoms with Gasteiger partial charge in [-0.3, -0.25) is 5.43 Å². The predicted octanol–water partition coefficient (Wildman–Crippen LogP) is 3.65. The topological polar surface area (TPSA) is 92.5 Å². The molecule has 4 N–H and O–H groups in total. The molecule has 6 nitrogen and oxygen atoms in total. The van der Waals surface area contributed by atoms with E-state index in [-0.39, 0.29) is 0 Å². The van der Waals surface area contributed by atoms with E-state index in [0.29, 0.717) is 5.95 Å². The van der Waals surface area contributed by atoms with Crippen LogP contribution in [-0.4, -0.2) is 20.2 Å². The molecule has 3 aromatic heterocycles. The molecule has 3 heterocycles. The lowest BCUT2D eigenvalue weighted by molar-refractivity contribution is 0.972. The molecule has 0 fully saturated rings. The van der Waals surface area contributed by atoms with E-state index in [1.807, 2.05) is 24.4 Å². The average Bonchev–Trinajstić information content (AvgIpc) is 3.17. The first-order valence-corrected chi connectivity index (χ1v) is 8.34. The highest BCUT2D eigenvalue weighted by atomic mass is 32.1. The molecule has 4 aromatic rings. The van der Waals surface area contributed by atoms with Gasteiger partial charge in [0.05, 0.1) is 0 Å². The van der Waals surface area contributed by atoms with Gasteiger partial charge in [0, 0.05) is 38.0 Å². The Hall–Kier alpha value is -2.77. The number of aromatic nitrogens is 4. The van der Waals surface area contributed by atoms with Crippen molar-refractivity contribution in [1.29, 1.82) is 0 Å². The van der Waals surface area contributed by atoms with Crippen LogP contribution < -0.4 is 11.3 Å². The summed E-state index contributed by atoms with van der Waals surface area (Å²) in [5.41, 5.74) is 7.10. The Labute approximate surface area is 142 Å². The number of hydrazine groups is 1. The SMILES string of the molecule is Cc1cc(-c2nnc(NN)nc2-c2c[nH]c3ccccc23)c(C)s1. The lowest BCUT2D eigenvalue weighted by atomic mass is 10.0. The largest absolute Gasteiger partial charge is 0.360 e. The van der Waals surface area contributed by atoms with Crippen LogP contribution in [0.1, 0.15) is 9.75 Å². The van der Waals surface area contributed by atoms with E-state index in [2.05, 4.69) is 51.6 Å². The number of anilines is 1. The second-order valence-electron chi connectivity index (χ2n) is 5.55. The zero-order chi connectivity index (χ0) is 16.7. The highest BCUT2D eigenvalue weighted by molar-refractivity contribution is 7.12. The molecule has 120 valence electrons. The number of H-pyrrole nitrogens is 1. The van der Waals surface area contributed by atoms with Crippen LogP contribution in [0.15, 0.2) is 36.5 Å². The van der Waals surface area contributed by atoms with Crippen molar-refractivity contribution in [2.45, 2.75) is 13.8 Å². The number of aromatic amines is 1. The number of rotatable bonds is 3. The van der Waals surface area contributed by atoms with Gasteiger partial charge in [0.25, 0.3) is 5.95 Å². The number of benzene rings is 1. The molecular formula is C17H16N6S. The Morgan fingerprint density at radius 1 is 1.08 bits per heavy atom. The van der Waals surface area contributed by atoms with E-state index >= 15 is 0 Å². The Balaban J connectivity index is 2.01. The van der Waals surface area contributed by atoms with Gasteiger partial charge in [-0.1, -0.05) is 18.2 Å². The molecule has 1 aromatic carbocycles. The van der Waals surface area contributed by atoms with Gasteiger partial charge in [-0.05, 0) is 26.0 Å². The van der Waals surface area contributed by atoms with Crippen molar-refractivity contribution >= 4 is 28.2 Å². The number of nitrogens with one attached hydrogen (secondary N) is 2. The second-order valence-corrected chi connectivity index (χ2v) is 7.01. The molecule has 0 atom stereocenters. The highest BCUT2D eigenvalue weighted by Gasteiger charge is 2.19. The third-order valence-corrected chi connectivity index (χ3v) is 4.92. The summed E-state index contributed by atoms with van der Waals surface area (Å²) in [4.78, 5) is 10.3. The quantitative estimate of drug-likeness (QED) is 0.392. The molecule has 0 radical (unpaired) electrons. The van der Waals surface area contributed by atoms with Crippen LogP contribution in [0.4, 0.5) is 5.95 Å². The Morgan fingerprint density at radius 3 is 2.67 bits per heavy atom. The smallest absolute Gasteiger partial charge is 0.257 e. The zero-order valence-corrected chi connectivity index (χ0v) is 14.1. The van der Waals surface area contributed by atoms with Crippen molar-refractivity contribution in [3.63, 3.8) is 0 Å². The van der Waals surface area contributed by atoms with Crippen LogP contribution >= 0.6 is 11.3 Å². The van der Waals surface area contributed by atoms with Crippen LogP contribution in [0.3, 0.4) is 0 Å². The van der Waals surface area contributed by atoms with E-state index < -0.39 is 0 Å². The van der Waals surface area contributed by atoms with Gasteiger partial charge in [-0.15, -0.1) is 21.5 Å². The second kappa shape index (κ2) is 5.70. The first-order chi connectivity index (χ1) is 11.7. The number of aryl methyl sites for hydroxylation is 2. The van der Waals surface area contributed by atoms with Crippen LogP contribution in [0.2, 0.25) is 0 Å². The minimum atomic E-state index is 0.295. The van der Waals surface area contributed by atoms with Gasteiger partial charge in [-0.2, -0.15) is 0 Å². The standard InChI is InChI=1S/C17H16N6S/c1-9-7-12(10(2)24-9)16-15(20-17(21-18)23-22-16)13-8-19-14-6-4-3-5-11(13)14/h3-8,19H,18H2,1-2H3,(H,20,21,23). The molecule has 7 heteroatoms. The van der Waals surface area contributed by atoms with Crippen molar-refractivity contribution in [3.05, 3.63) is 46.3 Å². The Kier molecular flexibility index (Phi) is 3.51. The van der Waals surface area contributed by atoms with E-state index in [9.17, 15) is 0 Å². The molecule has 24 heavy (non-hydrogen) atoms. The number of nitrogens with two attached hydrogens (primary N) is 1. The number of hydrogen-bond acceptors (Lipinski definition) is 6. The zero-order valence-electron chi connectivity index (χ0n) is 13.3. The van der Waals surface area contributed by atoms with Crippen LogP contribution in [-0.2, 0) is 0 Å². The van der Waals surface area contributed by atoms with Gasteiger partial charge in [0.15, 0.2) is 0 Å². The molecule has 0 unspecified atom stereocenters. The third kappa shape index (κ3) is 2.34. The number of nitrogen functional groups attached to an aromatic ring is 1. The molecule has 0 aliphatic heterocycles. The molecular weight excluding hydrogens is 320 g/mol. The lowest BCUT2D eigenvalue weighted by Crippen LogP contribution is -2.12. The van der Waals surface area contributed by atoms with Crippen molar-refractivity contribution in [2.24, 2.45) is 5.84 Å². The van der Waals surface area contributed by atoms with Gasteiger partial charge < -0.3 is 4.98 Å². The summed E-state index contributed by atoms with van der Waals surface area (Å²) in [7, 11) is 0. The molecule has 0 aliphatic rings. The third-order valence-electron chi connectivity index (χ3n) is 3.96. The van der Waals surface area contributed by atoms with Gasteiger partial charge in [0.1, 0.15) is 11.4 Å². The molecule has 0 amide bonds. The van der Waals surface area contributed by atoms with Gasteiger partial charge >= 0.3 is 0 Å². The first kappa shape index (κ1) is 14.8. The van der Waals surface area contributed by atoms with Crippen molar-refractivity contribution in [3.8, 4) is 22.5 Å². The van der Waals surface area contributed by atoms with Crippen molar-refractivity contribution in [2.75, 3.05) is 5.43 Å². The van der Waals surface area contributed by atoms with E-state index in [1.54, 1.807) is 11.3 Å². The van der Waals surface area contributed by atoms with Crippen LogP contribution in [0.5, 0.6) is 0 Å². The van der Waals surface area contributed by atoms with Crippen molar-refractivity contribution < 1.29 is 0 Å². The maximum Gasteiger partial charge on any atom is 0.257 e. The van der Waals surface area contributed by atoms with Gasteiger partial charge in [-0.25, -0.2) is 10.8 Å². The minimum Gasteiger partial charge on any atom is -0.360 e. The fraction of sp³-hybridized carbons (Fsp3) is 0.118. The van der Waals surface area contributed by atoms with Crippen molar-refractivity contribution in [1.82, 2.24) is 20.2 Å². The fourth-order valence-electron chi connectivity index (χ4n) is 2.89. The molecule has 0 saturated heterocycles. The summed E-state index contributed by atoms with van der Waals surface area (Å²) in [5, 5.41) is 9.56. The van der Waals surface area contributed by atoms with E-state index in [1.165, 1.54) is 9.75 Å². The summed E-state index contributed by atoms with van der Waals surface area (Å²) in [5.74, 6) is 5.78.